The fourth-order valence-electron chi connectivity index (χ4n) is 2.89. The van der Waals surface area contributed by atoms with Gasteiger partial charge in [0, 0.05) is 37.6 Å². The molecule has 0 aliphatic carbocycles. The minimum absolute atomic E-state index is 0.564. The minimum Gasteiger partial charge on any atom is -0.313 e. The third-order valence-electron chi connectivity index (χ3n) is 3.63. The lowest BCUT2D eigenvalue weighted by Gasteiger charge is -2.38. The van der Waals surface area contributed by atoms with Gasteiger partial charge in [0.25, 0.3) is 0 Å². The number of aromatic nitrogens is 1. The Hall–Kier alpha value is -0.930. The van der Waals surface area contributed by atoms with Crippen LogP contribution in [0, 0.1) is 0 Å². The minimum atomic E-state index is 0.564. The number of pyridine rings is 1. The third kappa shape index (κ3) is 1.66. The van der Waals surface area contributed by atoms with E-state index in [9.17, 15) is 0 Å². The van der Waals surface area contributed by atoms with Gasteiger partial charge in [-0.1, -0.05) is 0 Å². The van der Waals surface area contributed by atoms with Crippen molar-refractivity contribution < 1.29 is 0 Å². The van der Waals surface area contributed by atoms with Crippen molar-refractivity contribution in [3.63, 3.8) is 0 Å². The zero-order valence-corrected chi connectivity index (χ0v) is 8.89. The predicted molar refractivity (Wildman–Crippen MR) is 59.6 cm³/mol. The van der Waals surface area contributed by atoms with Gasteiger partial charge in [0.15, 0.2) is 0 Å². The molecule has 2 saturated heterocycles. The molecule has 0 spiro atoms. The molecule has 1 aromatic heterocycles. The highest BCUT2D eigenvalue weighted by molar-refractivity contribution is 5.17. The monoisotopic (exact) mass is 203 g/mol. The lowest BCUT2D eigenvalue weighted by molar-refractivity contribution is 0.138. The highest BCUT2D eigenvalue weighted by Gasteiger charge is 2.34. The molecule has 3 heterocycles. The molecule has 1 aromatic rings. The summed E-state index contributed by atoms with van der Waals surface area (Å²) in [6.07, 6.45) is 6.51. The molecule has 1 unspecified atom stereocenters. The first-order valence-corrected chi connectivity index (χ1v) is 5.81. The van der Waals surface area contributed by atoms with Crippen molar-refractivity contribution in [2.75, 3.05) is 19.6 Å². The van der Waals surface area contributed by atoms with Gasteiger partial charge >= 0.3 is 0 Å². The molecule has 2 aliphatic rings. The summed E-state index contributed by atoms with van der Waals surface area (Å²) in [5.74, 6) is 0. The molecule has 1 N–H and O–H groups in total. The Bertz CT molecular complexity index is 325. The van der Waals surface area contributed by atoms with Crippen molar-refractivity contribution in [3.8, 4) is 0 Å². The number of piperazine rings is 1. The first-order valence-electron chi connectivity index (χ1n) is 5.81. The van der Waals surface area contributed by atoms with Crippen LogP contribution in [0.2, 0.25) is 0 Å². The molecule has 0 aromatic carbocycles. The average molecular weight is 203 g/mol. The van der Waals surface area contributed by atoms with Crippen molar-refractivity contribution in [3.05, 3.63) is 30.1 Å². The maximum atomic E-state index is 4.09. The number of hydrogen-bond donors (Lipinski definition) is 1. The van der Waals surface area contributed by atoms with Crippen LogP contribution in [0.25, 0.3) is 0 Å². The number of hydrogen-bond acceptors (Lipinski definition) is 3. The summed E-state index contributed by atoms with van der Waals surface area (Å²) in [6, 6.07) is 5.62. The normalized spacial score (nSPS) is 31.5. The van der Waals surface area contributed by atoms with Crippen LogP contribution in [0.4, 0.5) is 0 Å². The van der Waals surface area contributed by atoms with Crippen LogP contribution in [0.3, 0.4) is 0 Å². The van der Waals surface area contributed by atoms with E-state index in [1.54, 1.807) is 0 Å². The van der Waals surface area contributed by atoms with E-state index in [-0.39, 0.29) is 0 Å². The van der Waals surface area contributed by atoms with E-state index < -0.39 is 0 Å². The Morgan fingerprint density at radius 2 is 2.13 bits per heavy atom. The molecule has 2 fully saturated rings. The summed E-state index contributed by atoms with van der Waals surface area (Å²) < 4.78 is 0. The molecular formula is C12H17N3. The Balaban J connectivity index is 1.85. The van der Waals surface area contributed by atoms with Crippen LogP contribution in [-0.4, -0.2) is 35.6 Å². The quantitative estimate of drug-likeness (QED) is 0.743. The topological polar surface area (TPSA) is 28.2 Å². The number of rotatable bonds is 1. The number of nitrogens with one attached hydrogen (secondary N) is 1. The van der Waals surface area contributed by atoms with Crippen molar-refractivity contribution >= 4 is 0 Å². The Kier molecular flexibility index (Phi) is 2.43. The maximum absolute atomic E-state index is 4.09. The smallest absolute Gasteiger partial charge is 0.0477 e. The predicted octanol–water partition coefficient (Wildman–Crippen LogP) is 1.19. The highest BCUT2D eigenvalue weighted by Crippen LogP contribution is 2.30. The van der Waals surface area contributed by atoms with Gasteiger partial charge in [-0.3, -0.25) is 9.88 Å². The molecule has 0 amide bonds. The summed E-state index contributed by atoms with van der Waals surface area (Å²) in [6.45, 7) is 3.52. The zero-order chi connectivity index (χ0) is 10.1. The number of nitrogens with zero attached hydrogens (tertiary/aromatic N) is 2. The van der Waals surface area contributed by atoms with Gasteiger partial charge in [-0.05, 0) is 37.1 Å². The molecule has 3 rings (SSSR count). The van der Waals surface area contributed by atoms with Crippen molar-refractivity contribution in [1.29, 1.82) is 0 Å². The fraction of sp³-hybridized carbons (Fsp3) is 0.583. The van der Waals surface area contributed by atoms with Crippen LogP contribution < -0.4 is 5.32 Å². The Morgan fingerprint density at radius 3 is 3.00 bits per heavy atom. The summed E-state index contributed by atoms with van der Waals surface area (Å²) in [7, 11) is 0. The third-order valence-corrected chi connectivity index (χ3v) is 3.63. The van der Waals surface area contributed by atoms with Crippen LogP contribution in [0.5, 0.6) is 0 Å². The molecule has 3 nitrogen and oxygen atoms in total. The van der Waals surface area contributed by atoms with Crippen LogP contribution in [0.15, 0.2) is 24.5 Å². The zero-order valence-electron chi connectivity index (χ0n) is 8.89. The van der Waals surface area contributed by atoms with Crippen LogP contribution in [0.1, 0.15) is 24.4 Å². The van der Waals surface area contributed by atoms with E-state index in [4.69, 9.17) is 0 Å². The van der Waals surface area contributed by atoms with Gasteiger partial charge in [0.1, 0.15) is 0 Å². The van der Waals surface area contributed by atoms with Gasteiger partial charge in [0.2, 0.25) is 0 Å². The Morgan fingerprint density at radius 1 is 1.27 bits per heavy atom. The molecule has 80 valence electrons. The highest BCUT2D eigenvalue weighted by atomic mass is 15.3. The molecular weight excluding hydrogens is 186 g/mol. The van der Waals surface area contributed by atoms with Gasteiger partial charge < -0.3 is 5.32 Å². The average Bonchev–Trinajstić information content (AvgIpc) is 2.78. The lowest BCUT2D eigenvalue weighted by atomic mass is 10.0. The van der Waals surface area contributed by atoms with Gasteiger partial charge in [-0.25, -0.2) is 0 Å². The second kappa shape index (κ2) is 3.91. The van der Waals surface area contributed by atoms with Crippen molar-refractivity contribution in [2.45, 2.75) is 24.9 Å². The molecule has 0 bridgehead atoms. The second-order valence-electron chi connectivity index (χ2n) is 4.49. The van der Waals surface area contributed by atoms with E-state index in [2.05, 4.69) is 27.3 Å². The van der Waals surface area contributed by atoms with Crippen molar-refractivity contribution in [2.24, 2.45) is 0 Å². The standard InChI is InChI=1S/C12H17N3/c1-2-11-8-14-9-12(15(11)7-1)10-3-5-13-6-4-10/h3-6,11-12,14H,1-2,7-9H2/t11-,12?/m1/s1. The molecule has 2 atom stereocenters. The van der Waals surface area contributed by atoms with E-state index in [1.165, 1.54) is 31.5 Å². The molecule has 2 aliphatic heterocycles. The number of fused-ring (bicyclic) bond motifs is 1. The largest absolute Gasteiger partial charge is 0.313 e. The summed E-state index contributed by atoms with van der Waals surface area (Å²) in [4.78, 5) is 6.75. The van der Waals surface area contributed by atoms with Gasteiger partial charge in [-0.15, -0.1) is 0 Å². The molecule has 0 saturated carbocycles. The SMILES string of the molecule is c1cc(C2CNC[C@H]3CCCN23)ccn1. The van der Waals surface area contributed by atoms with Crippen molar-refractivity contribution in [1.82, 2.24) is 15.2 Å². The summed E-state index contributed by atoms with van der Waals surface area (Å²) in [5.41, 5.74) is 1.41. The van der Waals surface area contributed by atoms with Crippen LogP contribution >= 0.6 is 0 Å². The fourth-order valence-corrected chi connectivity index (χ4v) is 2.89. The van der Waals surface area contributed by atoms with E-state index >= 15 is 0 Å². The second-order valence-corrected chi connectivity index (χ2v) is 4.49. The van der Waals surface area contributed by atoms with E-state index in [0.29, 0.717) is 6.04 Å². The van der Waals surface area contributed by atoms with Crippen LogP contribution in [-0.2, 0) is 0 Å². The summed E-state index contributed by atoms with van der Waals surface area (Å²) in [5, 5.41) is 3.54. The molecule has 3 heteroatoms. The first kappa shape index (κ1) is 9.31. The van der Waals surface area contributed by atoms with E-state index in [0.717, 1.165) is 12.6 Å². The van der Waals surface area contributed by atoms with Gasteiger partial charge in [0.05, 0.1) is 0 Å². The lowest BCUT2D eigenvalue weighted by Crippen LogP contribution is -2.49. The van der Waals surface area contributed by atoms with E-state index in [1.807, 2.05) is 12.4 Å². The molecule has 15 heavy (non-hydrogen) atoms. The maximum Gasteiger partial charge on any atom is 0.0477 e. The summed E-state index contributed by atoms with van der Waals surface area (Å²) >= 11 is 0. The molecule has 0 radical (unpaired) electrons. The Labute approximate surface area is 90.5 Å². The first-order chi connectivity index (χ1) is 7.45. The van der Waals surface area contributed by atoms with Gasteiger partial charge in [-0.2, -0.15) is 0 Å².